The molecule has 1 aliphatic heterocycles. The van der Waals surface area contributed by atoms with Crippen LogP contribution in [0.1, 0.15) is 32.1 Å². The highest BCUT2D eigenvalue weighted by Crippen LogP contribution is 2.39. The fraction of sp³-hybridized carbons (Fsp3) is 0.562. The number of aromatic nitrogens is 1. The number of rotatable bonds is 4. The molecule has 1 aromatic heterocycles. The molecule has 1 aromatic rings. The number of carboxylic acid groups (broad SMARTS) is 1. The number of fused-ring (bicyclic) bond motifs is 1. The van der Waals surface area contributed by atoms with Crippen LogP contribution in [0.3, 0.4) is 0 Å². The third kappa shape index (κ3) is 3.72. The maximum Gasteiger partial charge on any atom is 0.320 e. The Balaban J connectivity index is 1.67. The highest BCUT2D eigenvalue weighted by atomic mass is 79.9. The number of hydrogen-bond acceptors (Lipinski definition) is 4. The average molecular weight is 382 g/mol. The molecule has 0 unspecified atom stereocenters. The van der Waals surface area contributed by atoms with Crippen LogP contribution in [0.4, 0.5) is 5.82 Å². The zero-order valence-corrected chi connectivity index (χ0v) is 14.3. The third-order valence-corrected chi connectivity index (χ3v) is 5.30. The molecule has 2 N–H and O–H groups in total. The molecular weight excluding hydrogens is 362 g/mol. The number of amides is 1. The minimum atomic E-state index is -0.825. The van der Waals surface area contributed by atoms with E-state index in [0.29, 0.717) is 18.2 Å². The van der Waals surface area contributed by atoms with Gasteiger partial charge in [0.25, 0.3) is 0 Å². The summed E-state index contributed by atoms with van der Waals surface area (Å²) >= 11 is 3.30. The van der Waals surface area contributed by atoms with Crippen molar-refractivity contribution >= 4 is 33.6 Å². The number of carbonyl (C=O) groups is 2. The van der Waals surface area contributed by atoms with E-state index < -0.39 is 12.0 Å². The molecule has 0 radical (unpaired) electrons. The van der Waals surface area contributed by atoms with Gasteiger partial charge >= 0.3 is 5.97 Å². The Bertz CT molecular complexity index is 593. The first-order valence-electron chi connectivity index (χ1n) is 7.94. The van der Waals surface area contributed by atoms with Crippen molar-refractivity contribution in [3.05, 3.63) is 22.8 Å². The van der Waals surface area contributed by atoms with Crippen LogP contribution < -0.4 is 5.32 Å². The van der Waals surface area contributed by atoms with Gasteiger partial charge in [0.15, 0.2) is 0 Å². The summed E-state index contributed by atoms with van der Waals surface area (Å²) in [7, 11) is 0. The first kappa shape index (κ1) is 16.4. The molecule has 0 aromatic carbocycles. The lowest BCUT2D eigenvalue weighted by atomic mass is 9.85. The van der Waals surface area contributed by atoms with Gasteiger partial charge in [0.05, 0.1) is 6.54 Å². The van der Waals surface area contributed by atoms with Gasteiger partial charge in [0.1, 0.15) is 11.9 Å². The van der Waals surface area contributed by atoms with E-state index in [9.17, 15) is 14.7 Å². The predicted molar refractivity (Wildman–Crippen MR) is 89.1 cm³/mol. The normalized spacial score (nSPS) is 27.4. The number of carbonyl (C=O) groups excluding carboxylic acids is 1. The van der Waals surface area contributed by atoms with Crippen LogP contribution in [0, 0.1) is 5.92 Å². The highest BCUT2D eigenvalue weighted by Gasteiger charge is 2.45. The minimum absolute atomic E-state index is 0.107. The van der Waals surface area contributed by atoms with Crippen LogP contribution in [0.25, 0.3) is 0 Å². The Morgan fingerprint density at radius 3 is 2.83 bits per heavy atom. The summed E-state index contributed by atoms with van der Waals surface area (Å²) in [5.41, 5.74) is 0. The van der Waals surface area contributed by atoms with Crippen LogP contribution in [-0.2, 0) is 9.59 Å². The standard InChI is InChI=1S/C16H20BrN3O3/c17-11-5-6-14(18-8-11)19-15(21)9-20-12-4-2-1-3-10(12)7-13(20)16(22)23/h5-6,8,10,12-13H,1-4,7,9H2,(H,22,23)(H,18,19,21)/t10-,12-,13+/m1/s1. The molecule has 0 spiro atoms. The second kappa shape index (κ2) is 6.97. The summed E-state index contributed by atoms with van der Waals surface area (Å²) in [5.74, 6) is -0.154. The first-order valence-corrected chi connectivity index (χ1v) is 8.74. The number of likely N-dealkylation sites (tertiary alicyclic amines) is 1. The molecule has 0 bridgehead atoms. The Morgan fingerprint density at radius 2 is 2.13 bits per heavy atom. The van der Waals surface area contributed by atoms with Crippen molar-refractivity contribution in [3.63, 3.8) is 0 Å². The molecule has 1 saturated carbocycles. The predicted octanol–water partition coefficient (Wildman–Crippen LogP) is 2.50. The monoisotopic (exact) mass is 381 g/mol. The zero-order chi connectivity index (χ0) is 16.4. The number of hydrogen-bond donors (Lipinski definition) is 2. The number of aliphatic carboxylic acids is 1. The number of carboxylic acids is 1. The van der Waals surface area contributed by atoms with Gasteiger partial charge in [-0.25, -0.2) is 4.98 Å². The second-order valence-corrected chi connectivity index (χ2v) is 7.20. The fourth-order valence-electron chi connectivity index (χ4n) is 3.82. The van der Waals surface area contributed by atoms with Gasteiger partial charge in [-0.15, -0.1) is 0 Å². The molecule has 1 aliphatic carbocycles. The summed E-state index contributed by atoms with van der Waals surface area (Å²) in [6, 6.07) is 3.18. The van der Waals surface area contributed by atoms with Gasteiger partial charge < -0.3 is 10.4 Å². The number of anilines is 1. The summed E-state index contributed by atoms with van der Waals surface area (Å²) < 4.78 is 0.839. The number of nitrogens with zero attached hydrogens (tertiary/aromatic N) is 2. The van der Waals surface area contributed by atoms with E-state index >= 15 is 0 Å². The molecular formula is C16H20BrN3O3. The van der Waals surface area contributed by atoms with Crippen molar-refractivity contribution in [2.75, 3.05) is 11.9 Å². The van der Waals surface area contributed by atoms with Crippen LogP contribution in [0.15, 0.2) is 22.8 Å². The topological polar surface area (TPSA) is 82.5 Å². The molecule has 124 valence electrons. The van der Waals surface area contributed by atoms with Crippen molar-refractivity contribution in [1.82, 2.24) is 9.88 Å². The summed E-state index contributed by atoms with van der Waals surface area (Å²) in [6.45, 7) is 0.107. The van der Waals surface area contributed by atoms with E-state index in [0.717, 1.165) is 30.2 Å². The Kier molecular flexibility index (Phi) is 4.96. The zero-order valence-electron chi connectivity index (χ0n) is 12.7. The molecule has 7 heteroatoms. The van der Waals surface area contributed by atoms with E-state index in [4.69, 9.17) is 0 Å². The quantitative estimate of drug-likeness (QED) is 0.836. The lowest BCUT2D eigenvalue weighted by molar-refractivity contribution is -0.143. The maximum absolute atomic E-state index is 12.3. The second-order valence-electron chi connectivity index (χ2n) is 6.28. The average Bonchev–Trinajstić information content (AvgIpc) is 2.89. The van der Waals surface area contributed by atoms with Gasteiger partial charge in [0, 0.05) is 16.7 Å². The van der Waals surface area contributed by atoms with E-state index in [2.05, 4.69) is 26.2 Å². The van der Waals surface area contributed by atoms with Gasteiger partial charge in [-0.1, -0.05) is 12.8 Å². The number of halogens is 1. The van der Waals surface area contributed by atoms with Crippen LogP contribution in [0.2, 0.25) is 0 Å². The van der Waals surface area contributed by atoms with Gasteiger partial charge in [0.2, 0.25) is 5.91 Å². The molecule has 2 aliphatic rings. The van der Waals surface area contributed by atoms with Crippen molar-refractivity contribution < 1.29 is 14.7 Å². The third-order valence-electron chi connectivity index (χ3n) is 4.83. The molecule has 23 heavy (non-hydrogen) atoms. The van der Waals surface area contributed by atoms with Crippen molar-refractivity contribution in [1.29, 1.82) is 0 Å². The van der Waals surface area contributed by atoms with Crippen molar-refractivity contribution in [2.24, 2.45) is 5.92 Å². The SMILES string of the molecule is O=C(CN1[C@@H]2CCCC[C@@H]2C[C@H]1C(=O)O)Nc1ccc(Br)cn1. The molecule has 1 amide bonds. The van der Waals surface area contributed by atoms with Crippen LogP contribution >= 0.6 is 15.9 Å². The smallest absolute Gasteiger partial charge is 0.320 e. The first-order chi connectivity index (χ1) is 11.0. The van der Waals surface area contributed by atoms with E-state index in [-0.39, 0.29) is 18.5 Å². The molecule has 3 atom stereocenters. The molecule has 1 saturated heterocycles. The van der Waals surface area contributed by atoms with E-state index in [1.807, 2.05) is 4.90 Å². The lowest BCUT2D eigenvalue weighted by Gasteiger charge is -2.32. The summed E-state index contributed by atoms with van der Waals surface area (Å²) in [6.07, 6.45) is 6.60. The van der Waals surface area contributed by atoms with Crippen LogP contribution in [-0.4, -0.2) is 45.5 Å². The fourth-order valence-corrected chi connectivity index (χ4v) is 4.06. The van der Waals surface area contributed by atoms with Gasteiger partial charge in [-0.05, 0) is 53.2 Å². The molecule has 6 nitrogen and oxygen atoms in total. The highest BCUT2D eigenvalue weighted by molar-refractivity contribution is 9.10. The molecule has 2 heterocycles. The number of pyridine rings is 1. The minimum Gasteiger partial charge on any atom is -0.480 e. The molecule has 3 rings (SSSR count). The number of nitrogens with one attached hydrogen (secondary N) is 1. The van der Waals surface area contributed by atoms with E-state index in [1.165, 1.54) is 0 Å². The Hall–Kier alpha value is -1.47. The van der Waals surface area contributed by atoms with Crippen molar-refractivity contribution in [2.45, 2.75) is 44.2 Å². The van der Waals surface area contributed by atoms with Gasteiger partial charge in [-0.3, -0.25) is 14.5 Å². The van der Waals surface area contributed by atoms with Gasteiger partial charge in [-0.2, -0.15) is 0 Å². The summed E-state index contributed by atoms with van der Waals surface area (Å²) in [5, 5.41) is 12.2. The largest absolute Gasteiger partial charge is 0.480 e. The Labute approximate surface area is 143 Å². The van der Waals surface area contributed by atoms with E-state index in [1.54, 1.807) is 18.3 Å². The maximum atomic E-state index is 12.3. The van der Waals surface area contributed by atoms with Crippen molar-refractivity contribution in [3.8, 4) is 0 Å². The lowest BCUT2D eigenvalue weighted by Crippen LogP contribution is -2.46. The van der Waals surface area contributed by atoms with Crippen LogP contribution in [0.5, 0.6) is 0 Å². The molecule has 2 fully saturated rings. The Morgan fingerprint density at radius 1 is 1.35 bits per heavy atom. The summed E-state index contributed by atoms with van der Waals surface area (Å²) in [4.78, 5) is 29.8.